The number of ether oxygens (including phenoxy) is 1. The molecule has 0 heterocycles. The van der Waals surface area contributed by atoms with Gasteiger partial charge in [-0.3, -0.25) is 0 Å². The summed E-state index contributed by atoms with van der Waals surface area (Å²) in [5.74, 6) is 0.0434. The second-order valence-corrected chi connectivity index (χ2v) is 4.02. The van der Waals surface area contributed by atoms with Crippen LogP contribution in [0.15, 0.2) is 48.5 Å². The first-order valence-corrected chi connectivity index (χ1v) is 5.68. The van der Waals surface area contributed by atoms with Crippen LogP contribution >= 0.6 is 0 Å². The largest absolute Gasteiger partial charge is 0.423 e. The van der Waals surface area contributed by atoms with Crippen LogP contribution < -0.4 is 4.74 Å². The van der Waals surface area contributed by atoms with Crippen molar-refractivity contribution in [1.82, 2.24) is 0 Å². The normalized spacial score (nSPS) is 10.1. The summed E-state index contributed by atoms with van der Waals surface area (Å²) in [7, 11) is 0. The first kappa shape index (κ1) is 12.3. The Hall–Kier alpha value is -2.13. The lowest BCUT2D eigenvalue weighted by molar-refractivity contribution is 0.0731. The van der Waals surface area contributed by atoms with E-state index in [9.17, 15) is 4.79 Å². The van der Waals surface area contributed by atoms with Gasteiger partial charge in [-0.25, -0.2) is 4.79 Å². The zero-order valence-corrected chi connectivity index (χ0v) is 10.1. The molecule has 0 bridgehead atoms. The number of carbonyl (C=O) groups is 1. The van der Waals surface area contributed by atoms with Gasteiger partial charge in [-0.2, -0.15) is 0 Å². The Kier molecular flexibility index (Phi) is 3.75. The maximum absolute atomic E-state index is 11.9. The van der Waals surface area contributed by atoms with E-state index in [0.29, 0.717) is 16.9 Å². The van der Waals surface area contributed by atoms with Crippen LogP contribution in [0.2, 0.25) is 0 Å². The fourth-order valence-corrected chi connectivity index (χ4v) is 1.63. The quantitative estimate of drug-likeness (QED) is 0.665. The maximum Gasteiger partial charge on any atom is 0.343 e. The summed E-state index contributed by atoms with van der Waals surface area (Å²) in [6.07, 6.45) is 0. The Bertz CT molecular complexity index is 544. The van der Waals surface area contributed by atoms with Crippen LogP contribution in [-0.4, -0.2) is 11.1 Å². The minimum Gasteiger partial charge on any atom is -0.423 e. The molecule has 1 N–H and O–H groups in total. The number of aliphatic hydroxyl groups excluding tert-OH is 1. The second kappa shape index (κ2) is 5.47. The molecular formula is C15H14O3. The van der Waals surface area contributed by atoms with Gasteiger partial charge in [0.1, 0.15) is 5.75 Å². The average Bonchev–Trinajstić information content (AvgIpc) is 2.41. The fourth-order valence-electron chi connectivity index (χ4n) is 1.63. The van der Waals surface area contributed by atoms with Crippen LogP contribution in [0, 0.1) is 6.92 Å². The predicted molar refractivity (Wildman–Crippen MR) is 68.5 cm³/mol. The third kappa shape index (κ3) is 2.76. The van der Waals surface area contributed by atoms with Crippen LogP contribution in [0.1, 0.15) is 21.5 Å². The molecule has 0 saturated carbocycles. The molecule has 0 fully saturated rings. The molecule has 2 aromatic carbocycles. The Morgan fingerprint density at radius 3 is 2.44 bits per heavy atom. The fraction of sp³-hybridized carbons (Fsp3) is 0.133. The van der Waals surface area contributed by atoms with Gasteiger partial charge in [0.25, 0.3) is 0 Å². The van der Waals surface area contributed by atoms with Crippen molar-refractivity contribution in [2.24, 2.45) is 0 Å². The van der Waals surface area contributed by atoms with Crippen LogP contribution in [0.3, 0.4) is 0 Å². The molecule has 3 nitrogen and oxygen atoms in total. The summed E-state index contributed by atoms with van der Waals surface area (Å²) in [6.45, 7) is 1.78. The van der Waals surface area contributed by atoms with Crippen molar-refractivity contribution in [3.8, 4) is 5.75 Å². The topological polar surface area (TPSA) is 46.5 Å². The molecular weight excluding hydrogens is 228 g/mol. The van der Waals surface area contributed by atoms with Gasteiger partial charge in [-0.05, 0) is 30.7 Å². The molecule has 0 spiro atoms. The summed E-state index contributed by atoms with van der Waals surface area (Å²) in [6, 6.07) is 14.1. The molecule has 0 amide bonds. The number of hydrogen-bond donors (Lipinski definition) is 1. The van der Waals surface area contributed by atoms with Gasteiger partial charge in [0.05, 0.1) is 12.2 Å². The van der Waals surface area contributed by atoms with Gasteiger partial charge >= 0.3 is 5.97 Å². The highest BCUT2D eigenvalue weighted by Crippen LogP contribution is 2.16. The molecule has 0 unspecified atom stereocenters. The van der Waals surface area contributed by atoms with Gasteiger partial charge in [0, 0.05) is 0 Å². The SMILES string of the molecule is Cc1ccc(OC(=O)c2ccccc2CO)cc1. The smallest absolute Gasteiger partial charge is 0.343 e. The van der Waals surface area contributed by atoms with Gasteiger partial charge in [0.15, 0.2) is 0 Å². The summed E-state index contributed by atoms with van der Waals surface area (Å²) < 4.78 is 5.25. The lowest BCUT2D eigenvalue weighted by Gasteiger charge is -2.07. The van der Waals surface area contributed by atoms with E-state index in [2.05, 4.69) is 0 Å². The number of rotatable bonds is 3. The zero-order valence-electron chi connectivity index (χ0n) is 10.1. The lowest BCUT2D eigenvalue weighted by atomic mass is 10.1. The summed E-state index contributed by atoms with van der Waals surface area (Å²) in [5, 5.41) is 9.16. The molecule has 0 atom stereocenters. The van der Waals surface area contributed by atoms with Crippen LogP contribution in [0.5, 0.6) is 5.75 Å². The molecule has 18 heavy (non-hydrogen) atoms. The summed E-state index contributed by atoms with van der Waals surface area (Å²) in [5.41, 5.74) is 2.06. The van der Waals surface area contributed by atoms with Gasteiger partial charge in [0.2, 0.25) is 0 Å². The lowest BCUT2D eigenvalue weighted by Crippen LogP contribution is -2.11. The van der Waals surface area contributed by atoms with Crippen molar-refractivity contribution in [2.45, 2.75) is 13.5 Å². The number of esters is 1. The molecule has 2 aromatic rings. The zero-order chi connectivity index (χ0) is 13.0. The minimum atomic E-state index is -0.455. The van der Waals surface area contributed by atoms with Gasteiger partial charge in [-0.1, -0.05) is 35.9 Å². The average molecular weight is 242 g/mol. The Balaban J connectivity index is 2.19. The van der Waals surface area contributed by atoms with E-state index in [1.54, 1.807) is 36.4 Å². The predicted octanol–water partition coefficient (Wildman–Crippen LogP) is 2.71. The van der Waals surface area contributed by atoms with Crippen molar-refractivity contribution < 1.29 is 14.6 Å². The highest BCUT2D eigenvalue weighted by atomic mass is 16.5. The molecule has 0 aliphatic carbocycles. The first-order valence-electron chi connectivity index (χ1n) is 5.68. The molecule has 3 heteroatoms. The van der Waals surface area contributed by atoms with E-state index >= 15 is 0 Å². The number of benzene rings is 2. The highest BCUT2D eigenvalue weighted by molar-refractivity contribution is 5.92. The Morgan fingerprint density at radius 2 is 1.78 bits per heavy atom. The van der Waals surface area contributed by atoms with Crippen molar-refractivity contribution >= 4 is 5.97 Å². The third-order valence-corrected chi connectivity index (χ3v) is 2.64. The molecule has 2 rings (SSSR count). The number of hydrogen-bond acceptors (Lipinski definition) is 3. The van der Waals surface area contributed by atoms with Crippen LogP contribution in [-0.2, 0) is 6.61 Å². The number of aliphatic hydroxyl groups is 1. The number of aryl methyl sites for hydroxylation is 1. The summed E-state index contributed by atoms with van der Waals surface area (Å²) in [4.78, 5) is 11.9. The molecule has 0 aliphatic heterocycles. The molecule has 0 aromatic heterocycles. The minimum absolute atomic E-state index is 0.181. The van der Waals surface area contributed by atoms with Gasteiger partial charge in [-0.15, -0.1) is 0 Å². The van der Waals surface area contributed by atoms with Crippen LogP contribution in [0.25, 0.3) is 0 Å². The molecule has 0 radical (unpaired) electrons. The van der Waals surface area contributed by atoms with Crippen molar-refractivity contribution in [1.29, 1.82) is 0 Å². The summed E-state index contributed by atoms with van der Waals surface area (Å²) >= 11 is 0. The number of carbonyl (C=O) groups excluding carboxylic acids is 1. The van der Waals surface area contributed by atoms with Crippen molar-refractivity contribution in [2.75, 3.05) is 0 Å². The molecule has 0 saturated heterocycles. The van der Waals surface area contributed by atoms with E-state index in [1.807, 2.05) is 19.1 Å². The third-order valence-electron chi connectivity index (χ3n) is 2.64. The van der Waals surface area contributed by atoms with Crippen molar-refractivity contribution in [3.63, 3.8) is 0 Å². The van der Waals surface area contributed by atoms with E-state index < -0.39 is 5.97 Å². The first-order chi connectivity index (χ1) is 8.70. The Morgan fingerprint density at radius 1 is 1.11 bits per heavy atom. The standard InChI is InChI=1S/C15H14O3/c1-11-6-8-13(9-7-11)18-15(17)14-5-3-2-4-12(14)10-16/h2-9,16H,10H2,1H3. The molecule has 92 valence electrons. The van der Waals surface area contributed by atoms with Crippen molar-refractivity contribution in [3.05, 3.63) is 65.2 Å². The molecule has 0 aliphatic rings. The van der Waals surface area contributed by atoms with Crippen LogP contribution in [0.4, 0.5) is 0 Å². The van der Waals surface area contributed by atoms with E-state index in [1.165, 1.54) is 0 Å². The second-order valence-electron chi connectivity index (χ2n) is 4.02. The monoisotopic (exact) mass is 242 g/mol. The van der Waals surface area contributed by atoms with E-state index in [-0.39, 0.29) is 6.61 Å². The Labute approximate surface area is 106 Å². The van der Waals surface area contributed by atoms with E-state index in [0.717, 1.165) is 5.56 Å². The van der Waals surface area contributed by atoms with Gasteiger partial charge < -0.3 is 9.84 Å². The van der Waals surface area contributed by atoms with E-state index in [4.69, 9.17) is 9.84 Å². The maximum atomic E-state index is 11.9. The highest BCUT2D eigenvalue weighted by Gasteiger charge is 2.12.